The molecular weight excluding hydrogens is 366 g/mol. The second kappa shape index (κ2) is 7.98. The molecule has 3 heterocycles. The average molecular weight is 400 g/mol. The van der Waals surface area contributed by atoms with Gasteiger partial charge in [0.1, 0.15) is 5.75 Å². The Morgan fingerprint density at radius 1 is 1.17 bits per heavy atom. The number of rotatable bonds is 3. The van der Waals surface area contributed by atoms with Crippen LogP contribution in [0.4, 0.5) is 0 Å². The van der Waals surface area contributed by atoms with Crippen LogP contribution in [0.3, 0.4) is 0 Å². The molecule has 0 N–H and O–H groups in total. The molecule has 0 unspecified atom stereocenters. The standard InChI is InChI=1S/C23H33N3O3/c1-17-14-18(4-5-20(17)29-3)22(28)25-12-9-23(10-13-25)8-6-21(27)26(16-23)19-7-11-24(2)15-19/h4-5,14,19H,6-13,15-16H2,1-3H3/t19-/m1/s1. The van der Waals surface area contributed by atoms with Crippen LogP contribution in [0.5, 0.6) is 5.75 Å². The van der Waals surface area contributed by atoms with Crippen LogP contribution in [-0.2, 0) is 4.79 Å². The van der Waals surface area contributed by atoms with Crippen molar-refractivity contribution in [3.05, 3.63) is 29.3 Å². The van der Waals surface area contributed by atoms with Crippen molar-refractivity contribution in [3.8, 4) is 5.75 Å². The lowest BCUT2D eigenvalue weighted by atomic mass is 9.72. The maximum Gasteiger partial charge on any atom is 0.253 e. The molecule has 1 aromatic rings. The van der Waals surface area contributed by atoms with E-state index in [1.54, 1.807) is 7.11 Å². The Kier molecular flexibility index (Phi) is 5.56. The molecule has 6 heteroatoms. The zero-order chi connectivity index (χ0) is 20.6. The molecule has 1 aromatic carbocycles. The first kappa shape index (κ1) is 20.2. The van der Waals surface area contributed by atoms with Crippen molar-refractivity contribution >= 4 is 11.8 Å². The molecule has 3 aliphatic heterocycles. The van der Waals surface area contributed by atoms with Crippen LogP contribution in [0.25, 0.3) is 0 Å². The van der Waals surface area contributed by atoms with E-state index in [0.717, 1.165) is 75.3 Å². The Hall–Kier alpha value is -2.08. The number of likely N-dealkylation sites (tertiary alicyclic amines) is 3. The number of aryl methyl sites for hydroxylation is 1. The van der Waals surface area contributed by atoms with Crippen molar-refractivity contribution in [3.63, 3.8) is 0 Å². The van der Waals surface area contributed by atoms with Crippen LogP contribution in [0.2, 0.25) is 0 Å². The van der Waals surface area contributed by atoms with Crippen LogP contribution in [-0.4, -0.2) is 79.4 Å². The van der Waals surface area contributed by atoms with Crippen molar-refractivity contribution < 1.29 is 14.3 Å². The van der Waals surface area contributed by atoms with Gasteiger partial charge in [0.05, 0.1) is 7.11 Å². The van der Waals surface area contributed by atoms with E-state index in [4.69, 9.17) is 4.74 Å². The Balaban J connectivity index is 1.40. The highest BCUT2D eigenvalue weighted by atomic mass is 16.5. The number of amides is 2. The van der Waals surface area contributed by atoms with Crippen molar-refractivity contribution in [1.29, 1.82) is 0 Å². The number of benzene rings is 1. The number of piperidine rings is 2. The lowest BCUT2D eigenvalue weighted by Crippen LogP contribution is -2.55. The first-order valence-corrected chi connectivity index (χ1v) is 10.8. The number of methoxy groups -OCH3 is 1. The van der Waals surface area contributed by atoms with E-state index in [1.807, 2.05) is 30.0 Å². The second-order valence-corrected chi connectivity index (χ2v) is 9.20. The van der Waals surface area contributed by atoms with E-state index in [1.165, 1.54) is 0 Å². The molecule has 4 rings (SSSR count). The van der Waals surface area contributed by atoms with Crippen molar-refractivity contribution in [2.75, 3.05) is 46.9 Å². The van der Waals surface area contributed by atoms with Crippen LogP contribution < -0.4 is 4.74 Å². The highest BCUT2D eigenvalue weighted by Gasteiger charge is 2.44. The first-order chi connectivity index (χ1) is 13.9. The van der Waals surface area contributed by atoms with Gasteiger partial charge in [0.2, 0.25) is 5.91 Å². The molecule has 3 aliphatic rings. The van der Waals surface area contributed by atoms with Gasteiger partial charge in [-0.05, 0) is 75.4 Å². The van der Waals surface area contributed by atoms with Gasteiger partial charge in [-0.2, -0.15) is 0 Å². The topological polar surface area (TPSA) is 53.1 Å². The molecule has 0 radical (unpaired) electrons. The SMILES string of the molecule is COc1ccc(C(=O)N2CCC3(CCC(=O)N([C@@H]4CCN(C)C4)C3)CC2)cc1C. The smallest absolute Gasteiger partial charge is 0.253 e. The molecule has 1 atom stereocenters. The number of ether oxygens (including phenoxy) is 1. The second-order valence-electron chi connectivity index (χ2n) is 9.20. The molecule has 3 fully saturated rings. The van der Waals surface area contributed by atoms with Gasteiger partial charge in [-0.3, -0.25) is 9.59 Å². The molecule has 0 aliphatic carbocycles. The van der Waals surface area contributed by atoms with Crippen molar-refractivity contribution in [2.24, 2.45) is 5.41 Å². The number of hydrogen-bond acceptors (Lipinski definition) is 4. The van der Waals surface area contributed by atoms with Crippen LogP contribution in [0, 0.1) is 12.3 Å². The highest BCUT2D eigenvalue weighted by molar-refractivity contribution is 5.94. The lowest BCUT2D eigenvalue weighted by Gasteiger charge is -2.49. The number of nitrogens with zero attached hydrogens (tertiary/aromatic N) is 3. The summed E-state index contributed by atoms with van der Waals surface area (Å²) in [5, 5.41) is 0. The predicted molar refractivity (Wildman–Crippen MR) is 112 cm³/mol. The average Bonchev–Trinajstić information content (AvgIpc) is 3.16. The van der Waals surface area contributed by atoms with Crippen LogP contribution in [0.15, 0.2) is 18.2 Å². The van der Waals surface area contributed by atoms with E-state index >= 15 is 0 Å². The summed E-state index contributed by atoms with van der Waals surface area (Å²) in [7, 11) is 3.78. The Labute approximate surface area is 173 Å². The fourth-order valence-corrected chi connectivity index (χ4v) is 5.33. The minimum Gasteiger partial charge on any atom is -0.496 e. The third-order valence-electron chi connectivity index (χ3n) is 7.26. The molecule has 1 spiro atoms. The van der Waals surface area contributed by atoms with E-state index in [-0.39, 0.29) is 11.3 Å². The quantitative estimate of drug-likeness (QED) is 0.784. The maximum atomic E-state index is 13.0. The summed E-state index contributed by atoms with van der Waals surface area (Å²) in [6.07, 6.45) is 4.68. The Morgan fingerprint density at radius 2 is 1.93 bits per heavy atom. The van der Waals surface area contributed by atoms with Crippen molar-refractivity contribution in [2.45, 2.75) is 45.1 Å². The Morgan fingerprint density at radius 3 is 2.55 bits per heavy atom. The third-order valence-corrected chi connectivity index (χ3v) is 7.26. The summed E-state index contributed by atoms with van der Waals surface area (Å²) in [5.74, 6) is 1.23. The molecular formula is C23H33N3O3. The summed E-state index contributed by atoms with van der Waals surface area (Å²) in [6.45, 7) is 6.45. The minimum atomic E-state index is 0.103. The number of likely N-dealkylation sites (N-methyl/N-ethyl adjacent to an activating group) is 1. The van der Waals surface area contributed by atoms with Crippen LogP contribution >= 0.6 is 0 Å². The molecule has 0 saturated carbocycles. The zero-order valence-corrected chi connectivity index (χ0v) is 17.9. The van der Waals surface area contributed by atoms with E-state index in [9.17, 15) is 9.59 Å². The van der Waals surface area contributed by atoms with Crippen molar-refractivity contribution in [1.82, 2.24) is 14.7 Å². The summed E-state index contributed by atoms with van der Waals surface area (Å²) in [4.78, 5) is 32.1. The van der Waals surface area contributed by atoms with Gasteiger partial charge in [0.25, 0.3) is 5.91 Å². The molecule has 0 aromatic heterocycles. The normalized spacial score (nSPS) is 24.9. The fraction of sp³-hybridized carbons (Fsp3) is 0.652. The molecule has 158 valence electrons. The molecule has 0 bridgehead atoms. The first-order valence-electron chi connectivity index (χ1n) is 10.8. The van der Waals surface area contributed by atoms with E-state index in [2.05, 4.69) is 16.8 Å². The fourth-order valence-electron chi connectivity index (χ4n) is 5.33. The van der Waals surface area contributed by atoms with Gasteiger partial charge >= 0.3 is 0 Å². The monoisotopic (exact) mass is 399 g/mol. The molecule has 3 saturated heterocycles. The van der Waals surface area contributed by atoms with E-state index in [0.29, 0.717) is 18.4 Å². The third kappa shape index (κ3) is 4.00. The molecule has 6 nitrogen and oxygen atoms in total. The number of carbonyl (C=O) groups is 2. The maximum absolute atomic E-state index is 13.0. The predicted octanol–water partition coefficient (Wildman–Crippen LogP) is 2.55. The van der Waals surface area contributed by atoms with Gasteiger partial charge in [-0.25, -0.2) is 0 Å². The molecule has 29 heavy (non-hydrogen) atoms. The lowest BCUT2D eigenvalue weighted by molar-refractivity contribution is -0.141. The Bertz CT molecular complexity index is 786. The van der Waals surface area contributed by atoms with Crippen LogP contribution in [0.1, 0.15) is 48.0 Å². The van der Waals surface area contributed by atoms with Gasteiger partial charge in [0, 0.05) is 44.2 Å². The van der Waals surface area contributed by atoms with E-state index < -0.39 is 0 Å². The minimum absolute atomic E-state index is 0.103. The summed E-state index contributed by atoms with van der Waals surface area (Å²) in [5.41, 5.74) is 1.89. The molecule has 2 amide bonds. The van der Waals surface area contributed by atoms with Gasteiger partial charge in [0.15, 0.2) is 0 Å². The number of carbonyl (C=O) groups excluding carboxylic acids is 2. The summed E-state index contributed by atoms with van der Waals surface area (Å²) < 4.78 is 5.31. The van der Waals surface area contributed by atoms with Gasteiger partial charge < -0.3 is 19.4 Å². The number of hydrogen-bond donors (Lipinski definition) is 0. The van der Waals surface area contributed by atoms with Gasteiger partial charge in [-0.15, -0.1) is 0 Å². The zero-order valence-electron chi connectivity index (χ0n) is 17.9. The summed E-state index contributed by atoms with van der Waals surface area (Å²) in [6, 6.07) is 6.02. The van der Waals surface area contributed by atoms with Gasteiger partial charge in [-0.1, -0.05) is 0 Å². The highest BCUT2D eigenvalue weighted by Crippen LogP contribution is 2.41. The summed E-state index contributed by atoms with van der Waals surface area (Å²) >= 11 is 0. The largest absolute Gasteiger partial charge is 0.496 e.